The first-order valence-corrected chi connectivity index (χ1v) is 12.2. The van der Waals surface area contributed by atoms with Crippen molar-refractivity contribution in [3.05, 3.63) is 40.4 Å². The number of carbonyl (C=O) groups excluding carboxylic acids is 1. The maximum Gasteiger partial charge on any atom is 0.419 e. The van der Waals surface area contributed by atoms with Crippen molar-refractivity contribution in [1.29, 1.82) is 0 Å². The van der Waals surface area contributed by atoms with Gasteiger partial charge in [0.15, 0.2) is 0 Å². The van der Waals surface area contributed by atoms with Gasteiger partial charge in [0.2, 0.25) is 5.95 Å². The van der Waals surface area contributed by atoms with E-state index in [9.17, 15) is 22.4 Å². The Bertz CT molecular complexity index is 1340. The summed E-state index contributed by atoms with van der Waals surface area (Å²) < 4.78 is 60.8. The highest BCUT2D eigenvalue weighted by molar-refractivity contribution is 9.10. The standard InChI is InChI=1S/C24H24BrF4N5O2/c1-22(2,3)36-21(35)34-10-23(11-34)6-12(7-23)32-20-31-9-15(24(27,28)29)18(33-20)14-8-30-19-13(14)4-5-16(26)17(19)25/h4-5,8-9,12,30H,6-7,10-11H2,1-3H3,(H,31,32,33). The molecule has 0 unspecified atom stereocenters. The Morgan fingerprint density at radius 1 is 1.25 bits per heavy atom. The molecule has 1 saturated heterocycles. The summed E-state index contributed by atoms with van der Waals surface area (Å²) in [5.74, 6) is -0.450. The molecular formula is C24H24BrF4N5O2. The lowest BCUT2D eigenvalue weighted by atomic mass is 9.61. The van der Waals surface area contributed by atoms with E-state index in [2.05, 4.69) is 36.2 Å². The van der Waals surface area contributed by atoms with E-state index in [0.717, 1.165) is 19.0 Å². The van der Waals surface area contributed by atoms with Crippen LogP contribution in [-0.2, 0) is 10.9 Å². The van der Waals surface area contributed by atoms with Gasteiger partial charge >= 0.3 is 12.3 Å². The summed E-state index contributed by atoms with van der Waals surface area (Å²) in [7, 11) is 0. The topological polar surface area (TPSA) is 83.1 Å². The zero-order chi connectivity index (χ0) is 26.0. The second-order valence-electron chi connectivity index (χ2n) is 10.5. The molecule has 1 aromatic carbocycles. The second kappa shape index (κ2) is 8.32. The predicted molar refractivity (Wildman–Crippen MR) is 129 cm³/mol. The van der Waals surface area contributed by atoms with Crippen molar-refractivity contribution in [3.8, 4) is 11.3 Å². The number of anilines is 1. The number of amides is 1. The fourth-order valence-electron chi connectivity index (χ4n) is 4.95. The number of aromatic amines is 1. The Labute approximate surface area is 212 Å². The minimum atomic E-state index is -4.67. The molecule has 2 fully saturated rings. The van der Waals surface area contributed by atoms with Gasteiger partial charge in [-0.3, -0.25) is 0 Å². The van der Waals surface area contributed by atoms with Crippen molar-refractivity contribution < 1.29 is 27.1 Å². The van der Waals surface area contributed by atoms with Crippen molar-refractivity contribution in [2.45, 2.75) is 51.4 Å². The van der Waals surface area contributed by atoms with E-state index < -0.39 is 23.2 Å². The molecule has 1 saturated carbocycles. The summed E-state index contributed by atoms with van der Waals surface area (Å²) in [6.07, 6.45) is -1.38. The lowest BCUT2D eigenvalue weighted by molar-refractivity contribution is -0.137. The smallest absolute Gasteiger partial charge is 0.419 e. The molecule has 2 aromatic heterocycles. The summed E-state index contributed by atoms with van der Waals surface area (Å²) in [6.45, 7) is 6.61. The molecule has 1 amide bonds. The lowest BCUT2D eigenvalue weighted by Crippen LogP contribution is -2.66. The highest BCUT2D eigenvalue weighted by Crippen LogP contribution is 2.49. The monoisotopic (exact) mass is 569 g/mol. The van der Waals surface area contributed by atoms with Gasteiger partial charge in [0, 0.05) is 47.9 Å². The molecule has 7 nitrogen and oxygen atoms in total. The molecule has 1 aliphatic heterocycles. The number of rotatable bonds is 3. The van der Waals surface area contributed by atoms with E-state index >= 15 is 0 Å². The van der Waals surface area contributed by atoms with Crippen LogP contribution in [0.2, 0.25) is 0 Å². The highest BCUT2D eigenvalue weighted by atomic mass is 79.9. The summed E-state index contributed by atoms with van der Waals surface area (Å²) in [5.41, 5.74) is -1.32. The first-order chi connectivity index (χ1) is 16.7. The molecular weight excluding hydrogens is 546 g/mol. The third-order valence-electron chi connectivity index (χ3n) is 6.49. The first-order valence-electron chi connectivity index (χ1n) is 11.4. The second-order valence-corrected chi connectivity index (χ2v) is 11.3. The minimum Gasteiger partial charge on any atom is -0.444 e. The average molecular weight is 570 g/mol. The fraction of sp³-hybridized carbons (Fsp3) is 0.458. The molecule has 12 heteroatoms. The predicted octanol–water partition coefficient (Wildman–Crippen LogP) is 6.36. The number of alkyl halides is 3. The Balaban J connectivity index is 1.33. The largest absolute Gasteiger partial charge is 0.444 e. The Morgan fingerprint density at radius 3 is 2.58 bits per heavy atom. The summed E-state index contributed by atoms with van der Waals surface area (Å²) in [5, 5.41) is 3.53. The Hall–Kier alpha value is -2.89. The van der Waals surface area contributed by atoms with E-state index in [1.54, 1.807) is 4.90 Å². The van der Waals surface area contributed by atoms with Gasteiger partial charge in [-0.25, -0.2) is 19.2 Å². The number of nitrogens with one attached hydrogen (secondary N) is 2. The van der Waals surface area contributed by atoms with Crippen LogP contribution in [0.15, 0.2) is 29.0 Å². The van der Waals surface area contributed by atoms with Crippen LogP contribution in [0.1, 0.15) is 39.2 Å². The number of halogens is 5. The summed E-state index contributed by atoms with van der Waals surface area (Å²) in [6, 6.07) is 2.57. The van der Waals surface area contributed by atoms with Crippen LogP contribution in [0.3, 0.4) is 0 Å². The number of hydrogen-bond donors (Lipinski definition) is 2. The molecule has 0 atom stereocenters. The third-order valence-corrected chi connectivity index (χ3v) is 7.27. The van der Waals surface area contributed by atoms with E-state index in [1.807, 2.05) is 20.8 Å². The molecule has 2 aliphatic rings. The number of ether oxygens (including phenoxy) is 1. The van der Waals surface area contributed by atoms with Crippen LogP contribution in [0.4, 0.5) is 28.3 Å². The average Bonchev–Trinajstić information content (AvgIpc) is 3.14. The number of nitrogens with zero attached hydrogens (tertiary/aromatic N) is 3. The number of H-pyrrole nitrogens is 1. The molecule has 192 valence electrons. The summed E-state index contributed by atoms with van der Waals surface area (Å²) in [4.78, 5) is 24.8. The van der Waals surface area contributed by atoms with Gasteiger partial charge in [0.1, 0.15) is 17.0 Å². The Morgan fingerprint density at radius 2 is 1.94 bits per heavy atom. The Kier molecular flexibility index (Phi) is 5.73. The van der Waals surface area contributed by atoms with Crippen LogP contribution in [0.5, 0.6) is 0 Å². The first kappa shape index (κ1) is 24.8. The van der Waals surface area contributed by atoms with Crippen LogP contribution in [-0.4, -0.2) is 50.7 Å². The maximum absolute atomic E-state index is 13.9. The molecule has 1 spiro atoms. The number of benzene rings is 1. The maximum atomic E-state index is 13.9. The minimum absolute atomic E-state index is 0.0174. The molecule has 3 heterocycles. The number of likely N-dealkylation sites (tertiary alicyclic amines) is 1. The van der Waals surface area contributed by atoms with Gasteiger partial charge in [0.25, 0.3) is 0 Å². The fourth-order valence-corrected chi connectivity index (χ4v) is 5.41. The van der Waals surface area contributed by atoms with Gasteiger partial charge < -0.3 is 19.9 Å². The van der Waals surface area contributed by atoms with E-state index in [1.165, 1.54) is 18.3 Å². The van der Waals surface area contributed by atoms with E-state index in [-0.39, 0.29) is 39.2 Å². The van der Waals surface area contributed by atoms with Crippen LogP contribution in [0.25, 0.3) is 22.2 Å². The number of carbonyl (C=O) groups is 1. The quantitative estimate of drug-likeness (QED) is 0.359. The molecule has 0 radical (unpaired) electrons. The van der Waals surface area contributed by atoms with Crippen LogP contribution < -0.4 is 5.32 Å². The van der Waals surface area contributed by atoms with Crippen LogP contribution >= 0.6 is 15.9 Å². The molecule has 0 bridgehead atoms. The molecule has 3 aromatic rings. The van der Waals surface area contributed by atoms with Gasteiger partial charge in [0.05, 0.1) is 15.7 Å². The van der Waals surface area contributed by atoms with Crippen molar-refractivity contribution in [2.24, 2.45) is 5.41 Å². The van der Waals surface area contributed by atoms with Gasteiger partial charge in [-0.2, -0.15) is 13.2 Å². The number of aromatic nitrogens is 3. The summed E-state index contributed by atoms with van der Waals surface area (Å²) >= 11 is 3.13. The zero-order valence-electron chi connectivity index (χ0n) is 19.8. The van der Waals surface area contributed by atoms with E-state index in [0.29, 0.717) is 24.0 Å². The van der Waals surface area contributed by atoms with Crippen molar-refractivity contribution in [2.75, 3.05) is 18.4 Å². The highest BCUT2D eigenvalue weighted by Gasteiger charge is 2.54. The van der Waals surface area contributed by atoms with E-state index in [4.69, 9.17) is 4.74 Å². The number of hydrogen-bond acceptors (Lipinski definition) is 5. The van der Waals surface area contributed by atoms with Gasteiger partial charge in [-0.05, 0) is 61.7 Å². The molecule has 1 aliphatic carbocycles. The van der Waals surface area contributed by atoms with Crippen molar-refractivity contribution in [3.63, 3.8) is 0 Å². The van der Waals surface area contributed by atoms with Crippen LogP contribution in [0, 0.1) is 11.2 Å². The SMILES string of the molecule is CC(C)(C)OC(=O)N1CC2(CC(Nc3ncc(C(F)(F)F)c(-c4c[nH]c5c(Br)c(F)ccc45)n3)C2)C1. The van der Waals surface area contributed by atoms with Crippen molar-refractivity contribution in [1.82, 2.24) is 19.9 Å². The third kappa shape index (κ3) is 4.51. The van der Waals surface area contributed by atoms with Crippen molar-refractivity contribution >= 4 is 38.9 Å². The molecule has 36 heavy (non-hydrogen) atoms. The normalized spacial score (nSPS) is 17.7. The van der Waals surface area contributed by atoms with Gasteiger partial charge in [-0.15, -0.1) is 0 Å². The molecule has 5 rings (SSSR count). The number of fused-ring (bicyclic) bond motifs is 1. The zero-order valence-corrected chi connectivity index (χ0v) is 21.3. The van der Waals surface area contributed by atoms with Gasteiger partial charge in [-0.1, -0.05) is 0 Å². The lowest BCUT2D eigenvalue weighted by Gasteiger charge is -2.58. The molecule has 2 N–H and O–H groups in total.